The highest BCUT2D eigenvalue weighted by Gasteiger charge is 2.10. The lowest BCUT2D eigenvalue weighted by Crippen LogP contribution is -1.98. The second kappa shape index (κ2) is 5.10. The summed E-state index contributed by atoms with van der Waals surface area (Å²) in [5, 5.41) is 5.78. The molecule has 0 aliphatic carbocycles. The van der Waals surface area contributed by atoms with Crippen LogP contribution in [-0.2, 0) is 0 Å². The summed E-state index contributed by atoms with van der Waals surface area (Å²) in [6, 6.07) is 3.78. The number of pyridine rings is 1. The number of halogens is 1. The maximum Gasteiger partial charge on any atom is 0.232 e. The number of thiophene rings is 1. The average Bonchev–Trinajstić information content (AvgIpc) is 2.87. The Morgan fingerprint density at radius 2 is 2.21 bits per heavy atom. The highest BCUT2D eigenvalue weighted by atomic mass is 79.9. The van der Waals surface area contributed by atoms with Gasteiger partial charge in [-0.05, 0) is 33.4 Å². The number of nitrogens with one attached hydrogen (secondary N) is 1. The van der Waals surface area contributed by atoms with E-state index in [0.717, 1.165) is 14.7 Å². The van der Waals surface area contributed by atoms with E-state index >= 15 is 0 Å². The summed E-state index contributed by atoms with van der Waals surface area (Å²) in [7, 11) is 1.78. The second-order valence-electron chi connectivity index (χ2n) is 3.68. The zero-order valence-corrected chi connectivity index (χ0v) is 12.3. The van der Waals surface area contributed by atoms with Crippen LogP contribution in [0.15, 0.2) is 34.4 Å². The van der Waals surface area contributed by atoms with E-state index in [0.29, 0.717) is 17.6 Å². The van der Waals surface area contributed by atoms with Crippen LogP contribution in [0, 0.1) is 0 Å². The fourth-order valence-corrected chi connectivity index (χ4v) is 2.68. The summed E-state index contributed by atoms with van der Waals surface area (Å²) in [6.45, 7) is 0. The molecular formula is C12H9BrN4OS. The molecule has 7 heteroatoms. The van der Waals surface area contributed by atoms with Crippen molar-refractivity contribution in [2.75, 3.05) is 12.4 Å². The SMILES string of the molecule is CNc1nc(Oc2cncc(Br)c2)c2ccsc2n1. The summed E-state index contributed by atoms with van der Waals surface area (Å²) < 4.78 is 6.65. The van der Waals surface area contributed by atoms with Gasteiger partial charge in [-0.15, -0.1) is 11.3 Å². The fraction of sp³-hybridized carbons (Fsp3) is 0.0833. The number of hydrogen-bond acceptors (Lipinski definition) is 6. The van der Waals surface area contributed by atoms with Crippen molar-refractivity contribution in [1.29, 1.82) is 0 Å². The number of ether oxygens (including phenoxy) is 1. The van der Waals surface area contributed by atoms with Crippen molar-refractivity contribution in [3.05, 3.63) is 34.4 Å². The van der Waals surface area contributed by atoms with Gasteiger partial charge in [0.15, 0.2) is 0 Å². The Bertz CT molecular complexity index is 731. The fourth-order valence-electron chi connectivity index (χ4n) is 1.58. The molecule has 0 amide bonds. The lowest BCUT2D eigenvalue weighted by Gasteiger charge is -2.07. The number of nitrogens with zero attached hydrogens (tertiary/aromatic N) is 3. The van der Waals surface area contributed by atoms with Crippen LogP contribution in [0.1, 0.15) is 0 Å². The van der Waals surface area contributed by atoms with Crippen LogP contribution in [0.2, 0.25) is 0 Å². The van der Waals surface area contributed by atoms with Gasteiger partial charge in [-0.2, -0.15) is 4.98 Å². The first-order valence-corrected chi connectivity index (χ1v) is 7.15. The molecule has 96 valence electrons. The lowest BCUT2D eigenvalue weighted by molar-refractivity contribution is 0.466. The van der Waals surface area contributed by atoms with Gasteiger partial charge in [0.25, 0.3) is 0 Å². The molecule has 5 nitrogen and oxygen atoms in total. The molecule has 19 heavy (non-hydrogen) atoms. The van der Waals surface area contributed by atoms with Crippen molar-refractivity contribution in [2.24, 2.45) is 0 Å². The maximum atomic E-state index is 5.80. The van der Waals surface area contributed by atoms with Gasteiger partial charge in [-0.1, -0.05) is 0 Å². The van der Waals surface area contributed by atoms with Gasteiger partial charge < -0.3 is 10.1 Å². The van der Waals surface area contributed by atoms with Gasteiger partial charge in [0.05, 0.1) is 11.6 Å². The molecule has 0 fully saturated rings. The monoisotopic (exact) mass is 336 g/mol. The minimum absolute atomic E-state index is 0.524. The molecule has 0 unspecified atom stereocenters. The molecular weight excluding hydrogens is 328 g/mol. The van der Waals surface area contributed by atoms with Crippen molar-refractivity contribution in [3.8, 4) is 11.6 Å². The van der Waals surface area contributed by atoms with E-state index in [1.807, 2.05) is 17.5 Å². The summed E-state index contributed by atoms with van der Waals surface area (Å²) in [5.74, 6) is 1.69. The maximum absolute atomic E-state index is 5.80. The standard InChI is InChI=1S/C12H9BrN4OS/c1-14-12-16-10(9-2-3-19-11(9)17-12)18-8-4-7(13)5-15-6-8/h2-6H,1H3,(H,14,16,17). The van der Waals surface area contributed by atoms with Crippen LogP contribution in [0.5, 0.6) is 11.6 Å². The predicted octanol–water partition coefficient (Wildman–Crippen LogP) is 3.68. The van der Waals surface area contributed by atoms with Crippen LogP contribution >= 0.6 is 27.3 Å². The third-order valence-electron chi connectivity index (χ3n) is 2.41. The van der Waals surface area contributed by atoms with Gasteiger partial charge in [0, 0.05) is 17.7 Å². The molecule has 3 rings (SSSR count). The van der Waals surface area contributed by atoms with Crippen molar-refractivity contribution in [3.63, 3.8) is 0 Å². The summed E-state index contributed by atoms with van der Waals surface area (Å²) in [4.78, 5) is 13.6. The molecule has 0 atom stereocenters. The Morgan fingerprint density at radius 1 is 1.32 bits per heavy atom. The van der Waals surface area contributed by atoms with E-state index in [-0.39, 0.29) is 0 Å². The summed E-state index contributed by atoms with van der Waals surface area (Å²) in [5.41, 5.74) is 0. The molecule has 0 spiro atoms. The van der Waals surface area contributed by atoms with Gasteiger partial charge in [0.2, 0.25) is 11.8 Å². The largest absolute Gasteiger partial charge is 0.436 e. The lowest BCUT2D eigenvalue weighted by atomic mass is 10.4. The molecule has 0 radical (unpaired) electrons. The van der Waals surface area contributed by atoms with Crippen LogP contribution in [0.25, 0.3) is 10.2 Å². The van der Waals surface area contributed by atoms with E-state index in [2.05, 4.69) is 36.2 Å². The minimum Gasteiger partial charge on any atom is -0.436 e. The van der Waals surface area contributed by atoms with Crippen LogP contribution in [-0.4, -0.2) is 22.0 Å². The topological polar surface area (TPSA) is 59.9 Å². The molecule has 0 aliphatic rings. The number of rotatable bonds is 3. The quantitative estimate of drug-likeness (QED) is 0.790. The predicted molar refractivity (Wildman–Crippen MR) is 79.0 cm³/mol. The van der Waals surface area contributed by atoms with E-state index in [4.69, 9.17) is 4.74 Å². The van der Waals surface area contributed by atoms with Gasteiger partial charge >= 0.3 is 0 Å². The van der Waals surface area contributed by atoms with Gasteiger partial charge in [-0.3, -0.25) is 4.98 Å². The molecule has 0 saturated carbocycles. The summed E-state index contributed by atoms with van der Waals surface area (Å²) >= 11 is 4.91. The Kier molecular flexibility index (Phi) is 3.31. The van der Waals surface area contributed by atoms with Crippen LogP contribution in [0.3, 0.4) is 0 Å². The Morgan fingerprint density at radius 3 is 3.00 bits per heavy atom. The van der Waals surface area contributed by atoms with Crippen molar-refractivity contribution >= 4 is 43.4 Å². The Labute approximate surface area is 121 Å². The molecule has 0 saturated heterocycles. The van der Waals surface area contributed by atoms with Crippen LogP contribution in [0.4, 0.5) is 5.95 Å². The highest BCUT2D eigenvalue weighted by molar-refractivity contribution is 9.10. The molecule has 0 bridgehead atoms. The molecule has 1 N–H and O–H groups in total. The van der Waals surface area contributed by atoms with Gasteiger partial charge in [0.1, 0.15) is 10.6 Å². The van der Waals surface area contributed by atoms with E-state index < -0.39 is 0 Å². The first-order chi connectivity index (χ1) is 9.26. The number of fused-ring (bicyclic) bond motifs is 1. The zero-order chi connectivity index (χ0) is 13.2. The second-order valence-corrected chi connectivity index (χ2v) is 5.49. The normalized spacial score (nSPS) is 10.6. The third kappa shape index (κ3) is 2.52. The van der Waals surface area contributed by atoms with E-state index in [1.165, 1.54) is 0 Å². The van der Waals surface area contributed by atoms with Gasteiger partial charge in [-0.25, -0.2) is 4.98 Å². The number of anilines is 1. The Hall–Kier alpha value is -1.73. The first-order valence-electron chi connectivity index (χ1n) is 5.47. The van der Waals surface area contributed by atoms with Crippen molar-refractivity contribution < 1.29 is 4.74 Å². The highest BCUT2D eigenvalue weighted by Crippen LogP contribution is 2.31. The molecule has 0 aromatic carbocycles. The number of hydrogen-bond donors (Lipinski definition) is 1. The average molecular weight is 337 g/mol. The summed E-state index contributed by atoms with van der Waals surface area (Å²) in [6.07, 6.45) is 3.34. The smallest absolute Gasteiger partial charge is 0.232 e. The zero-order valence-electron chi connectivity index (χ0n) is 9.92. The molecule has 3 aromatic rings. The third-order valence-corrected chi connectivity index (χ3v) is 3.65. The van der Waals surface area contributed by atoms with E-state index in [9.17, 15) is 0 Å². The minimum atomic E-state index is 0.524. The van der Waals surface area contributed by atoms with E-state index in [1.54, 1.807) is 30.8 Å². The molecule has 0 aliphatic heterocycles. The first kappa shape index (κ1) is 12.3. The number of aromatic nitrogens is 3. The Balaban J connectivity index is 2.06. The van der Waals surface area contributed by atoms with Crippen molar-refractivity contribution in [2.45, 2.75) is 0 Å². The van der Waals surface area contributed by atoms with Crippen LogP contribution < -0.4 is 10.1 Å². The molecule has 3 aromatic heterocycles. The van der Waals surface area contributed by atoms with Crippen molar-refractivity contribution in [1.82, 2.24) is 15.0 Å². The molecule has 3 heterocycles.